The molecule has 312 valence electrons. The summed E-state index contributed by atoms with van der Waals surface area (Å²) < 4.78 is 26.3. The predicted octanol–water partition coefficient (Wildman–Crippen LogP) is 11.6. The van der Waals surface area contributed by atoms with Crippen molar-refractivity contribution in [1.29, 1.82) is 0 Å². The topological polar surface area (TPSA) is 140 Å². The van der Waals surface area contributed by atoms with E-state index in [9.17, 15) is 19.3 Å². The highest BCUT2D eigenvalue weighted by Gasteiger charge is 2.22. The van der Waals surface area contributed by atoms with Crippen LogP contribution in [-0.2, 0) is 28.2 Å². The van der Waals surface area contributed by atoms with Gasteiger partial charge in [-0.05, 0) is 77.0 Å². The van der Waals surface area contributed by atoms with Crippen LogP contribution in [0.4, 0.5) is 0 Å². The first-order valence-corrected chi connectivity index (χ1v) is 22.2. The van der Waals surface area contributed by atoms with Gasteiger partial charge in [0.25, 0.3) is 0 Å². The zero-order valence-corrected chi connectivity index (χ0v) is 34.8. The number of aliphatic hydroxyl groups is 1. The van der Waals surface area contributed by atoms with E-state index in [-0.39, 0.29) is 19.4 Å². The maximum absolute atomic E-state index is 12.4. The van der Waals surface area contributed by atoms with Crippen LogP contribution in [0, 0.1) is 0 Å². The zero-order chi connectivity index (χ0) is 40.5. The fraction of sp³-hybridized carbons (Fsp3) is 0.600. The summed E-state index contributed by atoms with van der Waals surface area (Å²) in [5, 5.41) is 9.97. The quantitative estimate of drug-likeness (QED) is 0.0186. The van der Waals surface area contributed by atoms with Crippen molar-refractivity contribution in [1.82, 2.24) is 0 Å². The number of esters is 2. The zero-order valence-electron chi connectivity index (χ0n) is 33.9. The van der Waals surface area contributed by atoms with Crippen LogP contribution in [0.2, 0.25) is 0 Å². The van der Waals surface area contributed by atoms with Gasteiger partial charge in [0.05, 0.1) is 12.7 Å². The number of phosphoric ester groups is 1. The third-order valence-electron chi connectivity index (χ3n) is 8.18. The average Bonchev–Trinajstić information content (AvgIpc) is 3.15. The minimum Gasteiger partial charge on any atom is -0.462 e. The van der Waals surface area contributed by atoms with Gasteiger partial charge < -0.3 is 24.4 Å². The van der Waals surface area contributed by atoms with Gasteiger partial charge in [0.1, 0.15) is 6.61 Å². The lowest BCUT2D eigenvalue weighted by Gasteiger charge is -2.18. The van der Waals surface area contributed by atoms with Crippen LogP contribution in [0.15, 0.2) is 97.2 Å². The van der Waals surface area contributed by atoms with E-state index < -0.39 is 38.6 Å². The molecule has 0 spiro atoms. The maximum atomic E-state index is 12.4. The first kappa shape index (κ1) is 51.9. The van der Waals surface area contributed by atoms with Crippen molar-refractivity contribution in [2.24, 2.45) is 0 Å². The van der Waals surface area contributed by atoms with E-state index in [4.69, 9.17) is 19.3 Å². The number of rotatable bonds is 36. The molecule has 3 N–H and O–H groups in total. The first-order chi connectivity index (χ1) is 26.7. The number of ether oxygens (including phenoxy) is 2. The number of phosphoric acid groups is 1. The number of allylic oxidation sites excluding steroid dienone is 14. The lowest BCUT2D eigenvalue weighted by atomic mass is 10.1. The number of hydrogen-bond acceptors (Lipinski definition) is 7. The van der Waals surface area contributed by atoms with E-state index in [1.165, 1.54) is 44.9 Å². The lowest BCUT2D eigenvalue weighted by molar-refractivity contribution is -0.161. The van der Waals surface area contributed by atoms with Crippen molar-refractivity contribution < 1.29 is 43.0 Å². The van der Waals surface area contributed by atoms with Gasteiger partial charge >= 0.3 is 19.8 Å². The second-order valence-electron chi connectivity index (χ2n) is 13.4. The Morgan fingerprint density at radius 1 is 0.582 bits per heavy atom. The Labute approximate surface area is 333 Å². The normalized spacial score (nSPS) is 14.1. The van der Waals surface area contributed by atoms with Gasteiger partial charge in [0.2, 0.25) is 0 Å². The van der Waals surface area contributed by atoms with E-state index in [1.807, 2.05) is 48.6 Å². The van der Waals surface area contributed by atoms with Crippen LogP contribution in [0.1, 0.15) is 149 Å². The SMILES string of the molecule is CC/C=C\C/C=C\CC(O)/C=C/C=C\C/C=C\C/C=C\CCC(=O)O[C@H](COC(=O)CCCCCCCCC/C=C\C/C=C\CCCCC)COP(=O)(O)O. The highest BCUT2D eigenvalue weighted by Crippen LogP contribution is 2.36. The Hall–Kier alpha value is -3.07. The van der Waals surface area contributed by atoms with Crippen LogP contribution in [0.25, 0.3) is 0 Å². The minimum atomic E-state index is -4.80. The Morgan fingerprint density at radius 2 is 1.13 bits per heavy atom. The molecule has 0 aromatic heterocycles. The summed E-state index contributed by atoms with van der Waals surface area (Å²) in [6.07, 6.45) is 50.2. The van der Waals surface area contributed by atoms with Gasteiger partial charge in [-0.2, -0.15) is 0 Å². The summed E-state index contributed by atoms with van der Waals surface area (Å²) in [4.78, 5) is 42.8. The van der Waals surface area contributed by atoms with E-state index >= 15 is 0 Å². The van der Waals surface area contributed by atoms with E-state index in [0.717, 1.165) is 51.4 Å². The molecule has 1 unspecified atom stereocenters. The van der Waals surface area contributed by atoms with Gasteiger partial charge in [-0.25, -0.2) is 4.57 Å². The van der Waals surface area contributed by atoms with E-state index in [1.54, 1.807) is 6.08 Å². The molecule has 0 fully saturated rings. The molecule has 0 amide bonds. The van der Waals surface area contributed by atoms with Gasteiger partial charge in [-0.1, -0.05) is 156 Å². The molecule has 0 aliphatic carbocycles. The fourth-order valence-electron chi connectivity index (χ4n) is 5.10. The highest BCUT2D eigenvalue weighted by atomic mass is 31.2. The van der Waals surface area contributed by atoms with Crippen molar-refractivity contribution in [2.45, 2.75) is 161 Å². The van der Waals surface area contributed by atoms with Crippen LogP contribution < -0.4 is 0 Å². The highest BCUT2D eigenvalue weighted by molar-refractivity contribution is 7.46. The van der Waals surface area contributed by atoms with E-state index in [2.05, 4.69) is 60.9 Å². The molecule has 0 rings (SSSR count). The molecule has 55 heavy (non-hydrogen) atoms. The van der Waals surface area contributed by atoms with E-state index in [0.29, 0.717) is 25.7 Å². The molecule has 0 aliphatic rings. The number of carbonyl (C=O) groups excluding carboxylic acids is 2. The Morgan fingerprint density at radius 3 is 1.76 bits per heavy atom. The van der Waals surface area contributed by atoms with Gasteiger partial charge in [-0.15, -0.1) is 0 Å². The molecular formula is C45H73O9P. The molecule has 0 aliphatic heterocycles. The largest absolute Gasteiger partial charge is 0.469 e. The minimum absolute atomic E-state index is 0.0563. The van der Waals surface area contributed by atoms with Crippen molar-refractivity contribution in [3.63, 3.8) is 0 Å². The van der Waals surface area contributed by atoms with Crippen molar-refractivity contribution >= 4 is 19.8 Å². The van der Waals surface area contributed by atoms with Gasteiger partial charge in [0.15, 0.2) is 6.10 Å². The molecular weight excluding hydrogens is 715 g/mol. The lowest BCUT2D eigenvalue weighted by Crippen LogP contribution is -2.29. The molecule has 9 nitrogen and oxygen atoms in total. The Kier molecular flexibility index (Phi) is 37.0. The molecule has 2 atom stereocenters. The summed E-state index contributed by atoms with van der Waals surface area (Å²) in [5.74, 6) is -1.03. The second kappa shape index (κ2) is 39.2. The smallest absolute Gasteiger partial charge is 0.462 e. The van der Waals surface area contributed by atoms with Crippen LogP contribution in [0.5, 0.6) is 0 Å². The summed E-state index contributed by atoms with van der Waals surface area (Å²) in [5.41, 5.74) is 0. The number of unbranched alkanes of at least 4 members (excludes halogenated alkanes) is 10. The van der Waals surface area contributed by atoms with Crippen LogP contribution >= 0.6 is 7.82 Å². The fourth-order valence-corrected chi connectivity index (χ4v) is 5.46. The summed E-state index contributed by atoms with van der Waals surface area (Å²) in [6.45, 7) is 3.40. The van der Waals surface area contributed by atoms with Gasteiger partial charge in [-0.3, -0.25) is 14.1 Å². The van der Waals surface area contributed by atoms with Gasteiger partial charge in [0, 0.05) is 12.8 Å². The molecule has 0 saturated heterocycles. The second-order valence-corrected chi connectivity index (χ2v) is 14.7. The number of aliphatic hydroxyl groups excluding tert-OH is 1. The molecule has 0 aromatic carbocycles. The molecule has 0 radical (unpaired) electrons. The number of carbonyl (C=O) groups is 2. The maximum Gasteiger partial charge on any atom is 0.469 e. The predicted molar refractivity (Wildman–Crippen MR) is 226 cm³/mol. The average molecular weight is 789 g/mol. The molecule has 10 heteroatoms. The van der Waals surface area contributed by atoms with Crippen LogP contribution in [0.3, 0.4) is 0 Å². The van der Waals surface area contributed by atoms with Crippen molar-refractivity contribution in [3.05, 3.63) is 97.2 Å². The Balaban J connectivity index is 4.16. The molecule has 0 saturated carbocycles. The number of hydrogen-bond donors (Lipinski definition) is 3. The summed E-state index contributed by atoms with van der Waals surface area (Å²) in [6, 6.07) is 0. The van der Waals surface area contributed by atoms with Crippen LogP contribution in [-0.4, -0.2) is 52.3 Å². The van der Waals surface area contributed by atoms with Crippen molar-refractivity contribution in [3.8, 4) is 0 Å². The summed E-state index contributed by atoms with van der Waals surface area (Å²) in [7, 11) is -4.80. The molecule has 0 bridgehead atoms. The monoisotopic (exact) mass is 788 g/mol. The standard InChI is InChI=1S/C45H73O9P/c1-3-5-7-9-11-12-13-14-15-16-17-18-19-23-26-30-34-38-44(47)52-40-43(41-53-55(49,50)51)54-45(48)39-35-31-27-24-21-20-22-25-29-33-37-42(46)36-32-28-10-8-6-4-2/h6,8,11-12,14-15,20-21,25,27-29,31-33,37,42-43,46H,3-5,7,9-10,13,16-19,22-24,26,30,34-36,38-41H2,1-2H3,(H2,49,50,51)/b8-6-,12-11-,15-14-,21-20-,29-25-,31-27-,32-28-,37-33+/t42?,43-/m1/s1. The van der Waals surface area contributed by atoms with Crippen molar-refractivity contribution in [2.75, 3.05) is 13.2 Å². The third-order valence-corrected chi connectivity index (χ3v) is 8.67. The molecule has 0 aromatic rings. The third kappa shape index (κ3) is 41.9. The molecule has 0 heterocycles. The summed E-state index contributed by atoms with van der Waals surface area (Å²) >= 11 is 0. The first-order valence-electron chi connectivity index (χ1n) is 20.6. The Bertz CT molecular complexity index is 1220.